The van der Waals surface area contributed by atoms with Gasteiger partial charge in [0, 0.05) is 36.8 Å². The van der Waals surface area contributed by atoms with Crippen LogP contribution >= 0.6 is 0 Å². The van der Waals surface area contributed by atoms with E-state index < -0.39 is 5.91 Å². The second-order valence-electron chi connectivity index (χ2n) is 7.23. The molecule has 1 fully saturated rings. The van der Waals surface area contributed by atoms with Crippen LogP contribution in [0.5, 0.6) is 11.5 Å². The SMILES string of the molecule is Nc1ncc2nc1C(=O)Nc1cnccc1O[C@@H]1CN[C@@H](COc3cccc-2c3)C1. The Labute approximate surface area is 172 Å². The van der Waals surface area contributed by atoms with E-state index in [1.165, 1.54) is 12.4 Å². The van der Waals surface area contributed by atoms with Crippen molar-refractivity contribution in [2.24, 2.45) is 0 Å². The summed E-state index contributed by atoms with van der Waals surface area (Å²) >= 11 is 0. The van der Waals surface area contributed by atoms with Crippen molar-refractivity contribution in [1.29, 1.82) is 0 Å². The van der Waals surface area contributed by atoms with E-state index in [-0.39, 0.29) is 23.7 Å². The van der Waals surface area contributed by atoms with Gasteiger partial charge in [0.2, 0.25) is 0 Å². The van der Waals surface area contributed by atoms with Crippen LogP contribution in [0.3, 0.4) is 0 Å². The number of ether oxygens (including phenoxy) is 2. The first kappa shape index (κ1) is 18.3. The van der Waals surface area contributed by atoms with E-state index in [0.717, 1.165) is 12.0 Å². The van der Waals surface area contributed by atoms with E-state index in [1.54, 1.807) is 12.3 Å². The number of amides is 1. The van der Waals surface area contributed by atoms with E-state index >= 15 is 0 Å². The highest BCUT2D eigenvalue weighted by atomic mass is 16.5. The fourth-order valence-corrected chi connectivity index (χ4v) is 3.58. The predicted molar refractivity (Wildman–Crippen MR) is 110 cm³/mol. The Hall–Kier alpha value is -3.72. The maximum absolute atomic E-state index is 12.9. The second kappa shape index (κ2) is 7.60. The number of nitrogens with one attached hydrogen (secondary N) is 2. The third-order valence-corrected chi connectivity index (χ3v) is 5.10. The molecule has 9 nitrogen and oxygen atoms in total. The number of rotatable bonds is 0. The lowest BCUT2D eigenvalue weighted by atomic mass is 10.1. The molecule has 0 unspecified atom stereocenters. The van der Waals surface area contributed by atoms with Crippen LogP contribution in [0.4, 0.5) is 11.5 Å². The minimum atomic E-state index is -0.485. The summed E-state index contributed by atoms with van der Waals surface area (Å²) in [7, 11) is 0. The Balaban J connectivity index is 1.57. The summed E-state index contributed by atoms with van der Waals surface area (Å²) in [5.41, 5.74) is 7.72. The van der Waals surface area contributed by atoms with Crippen LogP contribution in [0.15, 0.2) is 48.9 Å². The maximum Gasteiger partial charge on any atom is 0.278 e. The molecule has 1 amide bonds. The number of benzene rings is 1. The van der Waals surface area contributed by atoms with Crippen LogP contribution in [-0.4, -0.2) is 46.2 Å². The van der Waals surface area contributed by atoms with Gasteiger partial charge in [-0.1, -0.05) is 12.1 Å². The molecule has 0 aliphatic carbocycles. The quantitative estimate of drug-likeness (QED) is 0.519. The molecule has 152 valence electrons. The van der Waals surface area contributed by atoms with Gasteiger partial charge in [-0.2, -0.15) is 0 Å². The number of aromatic nitrogens is 3. The lowest BCUT2D eigenvalue weighted by molar-refractivity contribution is 0.102. The molecule has 4 N–H and O–H groups in total. The van der Waals surface area contributed by atoms with Crippen molar-refractivity contribution >= 4 is 17.4 Å². The summed E-state index contributed by atoms with van der Waals surface area (Å²) in [5.74, 6) is 0.805. The van der Waals surface area contributed by atoms with E-state index in [9.17, 15) is 4.79 Å². The van der Waals surface area contributed by atoms with Crippen molar-refractivity contribution < 1.29 is 14.3 Å². The Bertz CT molecular complexity index is 1110. The zero-order chi connectivity index (χ0) is 20.5. The van der Waals surface area contributed by atoms with Crippen LogP contribution in [-0.2, 0) is 0 Å². The zero-order valence-corrected chi connectivity index (χ0v) is 16.0. The van der Waals surface area contributed by atoms with E-state index in [4.69, 9.17) is 15.2 Å². The summed E-state index contributed by atoms with van der Waals surface area (Å²) in [4.78, 5) is 25.6. The number of nitrogens with zero attached hydrogens (tertiary/aromatic N) is 3. The maximum atomic E-state index is 12.9. The zero-order valence-electron chi connectivity index (χ0n) is 16.0. The first-order valence-electron chi connectivity index (χ1n) is 9.67. The average molecular weight is 404 g/mol. The molecule has 5 rings (SSSR count). The molecular weight excluding hydrogens is 384 g/mol. The van der Waals surface area contributed by atoms with Gasteiger partial charge in [-0.25, -0.2) is 9.97 Å². The molecule has 2 aromatic heterocycles. The summed E-state index contributed by atoms with van der Waals surface area (Å²) < 4.78 is 12.1. The van der Waals surface area contributed by atoms with Gasteiger partial charge in [0.05, 0.1) is 18.1 Å². The fourth-order valence-electron chi connectivity index (χ4n) is 3.58. The molecule has 2 aliphatic heterocycles. The van der Waals surface area contributed by atoms with E-state index in [1.807, 2.05) is 24.3 Å². The van der Waals surface area contributed by atoms with Gasteiger partial charge in [-0.15, -0.1) is 0 Å². The lowest BCUT2D eigenvalue weighted by Gasteiger charge is -2.17. The van der Waals surface area contributed by atoms with Gasteiger partial charge in [-0.3, -0.25) is 9.78 Å². The highest BCUT2D eigenvalue weighted by Gasteiger charge is 2.27. The van der Waals surface area contributed by atoms with Gasteiger partial charge in [-0.05, 0) is 12.1 Å². The minimum Gasteiger partial charge on any atom is -0.492 e. The fraction of sp³-hybridized carbons (Fsp3) is 0.238. The van der Waals surface area contributed by atoms with Crippen LogP contribution in [0, 0.1) is 0 Å². The van der Waals surface area contributed by atoms with Crippen molar-refractivity contribution in [2.45, 2.75) is 18.6 Å². The third-order valence-electron chi connectivity index (χ3n) is 5.10. The lowest BCUT2D eigenvalue weighted by Crippen LogP contribution is -2.28. The van der Waals surface area contributed by atoms with Crippen LogP contribution in [0.2, 0.25) is 0 Å². The van der Waals surface area contributed by atoms with Crippen LogP contribution in [0.25, 0.3) is 11.3 Å². The van der Waals surface area contributed by atoms with Crippen molar-refractivity contribution in [1.82, 2.24) is 20.3 Å². The largest absolute Gasteiger partial charge is 0.492 e. The summed E-state index contributed by atoms with van der Waals surface area (Å²) in [6, 6.07) is 9.40. The smallest absolute Gasteiger partial charge is 0.278 e. The van der Waals surface area contributed by atoms with Crippen molar-refractivity contribution in [3.05, 3.63) is 54.6 Å². The average Bonchev–Trinajstić information content (AvgIpc) is 3.21. The van der Waals surface area contributed by atoms with Crippen LogP contribution < -0.4 is 25.8 Å². The number of pyridine rings is 1. The number of nitrogens with two attached hydrogens (primary N) is 1. The van der Waals surface area contributed by atoms with Crippen molar-refractivity contribution in [3.8, 4) is 22.8 Å². The first-order valence-corrected chi connectivity index (χ1v) is 9.67. The predicted octanol–water partition coefficient (Wildman–Crippen LogP) is 1.87. The Kier molecular flexibility index (Phi) is 4.64. The summed E-state index contributed by atoms with van der Waals surface area (Å²) in [5, 5.41) is 6.22. The molecule has 1 saturated heterocycles. The van der Waals surface area contributed by atoms with Gasteiger partial charge in [0.25, 0.3) is 5.91 Å². The first-order chi connectivity index (χ1) is 14.7. The number of carbonyl (C=O) groups is 1. The Morgan fingerprint density at radius 2 is 2.13 bits per heavy atom. The second-order valence-corrected chi connectivity index (χ2v) is 7.23. The van der Waals surface area contributed by atoms with E-state index in [2.05, 4.69) is 25.6 Å². The van der Waals surface area contributed by atoms with Gasteiger partial charge >= 0.3 is 0 Å². The molecule has 0 spiro atoms. The number of nitrogen functional groups attached to an aromatic ring is 1. The number of fused-ring (bicyclic) bond motifs is 8. The van der Waals surface area contributed by atoms with Gasteiger partial charge < -0.3 is 25.8 Å². The summed E-state index contributed by atoms with van der Waals surface area (Å²) in [6.07, 6.45) is 5.43. The molecule has 0 saturated carbocycles. The molecule has 30 heavy (non-hydrogen) atoms. The molecule has 0 radical (unpaired) electrons. The highest BCUT2D eigenvalue weighted by Crippen LogP contribution is 2.28. The monoisotopic (exact) mass is 404 g/mol. The molecule has 1 aromatic carbocycles. The van der Waals surface area contributed by atoms with Crippen molar-refractivity contribution in [2.75, 3.05) is 24.2 Å². The topological polar surface area (TPSA) is 124 Å². The number of hydrogen-bond donors (Lipinski definition) is 3. The molecule has 4 heterocycles. The normalized spacial score (nSPS) is 20.5. The highest BCUT2D eigenvalue weighted by molar-refractivity contribution is 6.06. The van der Waals surface area contributed by atoms with Gasteiger partial charge in [0.15, 0.2) is 11.5 Å². The van der Waals surface area contributed by atoms with Crippen molar-refractivity contribution in [3.63, 3.8) is 0 Å². The van der Waals surface area contributed by atoms with Gasteiger partial charge in [0.1, 0.15) is 29.9 Å². The summed E-state index contributed by atoms with van der Waals surface area (Å²) in [6.45, 7) is 1.20. The number of anilines is 2. The molecule has 3 aromatic rings. The number of hydrogen-bond acceptors (Lipinski definition) is 8. The Morgan fingerprint density at radius 3 is 3.07 bits per heavy atom. The van der Waals surface area contributed by atoms with Crippen LogP contribution in [0.1, 0.15) is 16.9 Å². The third kappa shape index (κ3) is 3.62. The molecular formula is C21H20N6O3. The number of carbonyl (C=O) groups excluding carboxylic acids is 1. The van der Waals surface area contributed by atoms with E-state index in [0.29, 0.717) is 36.0 Å². The molecule has 2 aliphatic rings. The molecule has 9 heteroatoms. The minimum absolute atomic E-state index is 0.0308. The molecule has 6 bridgehead atoms. The standard InChI is InChI=1S/C21H20N6O3/c22-20-19-21(28)27-17-9-23-5-4-18(17)30-15-7-13(24-8-15)11-29-14-3-1-2-12(6-14)16(26-19)10-25-20/h1-6,9-10,13,15,24H,7-8,11H2,(H2,22,25)(H,27,28)/t13-,15+/m1/s1. The molecule has 2 atom stereocenters. The Morgan fingerprint density at radius 1 is 1.20 bits per heavy atom.